The molecule has 0 aliphatic carbocycles. The van der Waals surface area contributed by atoms with Gasteiger partial charge in [-0.2, -0.15) is 0 Å². The molecule has 0 spiro atoms. The van der Waals surface area contributed by atoms with Crippen LogP contribution in [-0.4, -0.2) is 131 Å². The Kier molecular flexibility index (Phi) is 91.5. The fraction of sp³-hybridized carbons (Fsp3) is 0.917. The summed E-state index contributed by atoms with van der Waals surface area (Å²) in [5, 5.41) is 49.9. The van der Waals surface area contributed by atoms with Gasteiger partial charge < -0.3 is 58.3 Å². The molecule has 2 fully saturated rings. The molecule has 876 valence electrons. The monoisotopic (exact) mass is 2100 g/mol. The molecule has 0 saturated carbocycles. The number of unbranched alkanes of at least 4 members (excludes halogenated alkanes) is 68. The Morgan fingerprint density at radius 3 is 0.819 bits per heavy atom. The van der Waals surface area contributed by atoms with E-state index in [1.807, 2.05) is 25.2 Å². The number of allylic oxidation sites excluding steroid dienone is 3. The lowest BCUT2D eigenvalue weighted by atomic mass is 9.85. The first-order valence-electron chi connectivity index (χ1n) is 64.8. The van der Waals surface area contributed by atoms with Crippen LogP contribution in [0, 0.1) is 53.3 Å². The van der Waals surface area contributed by atoms with Crippen molar-refractivity contribution in [2.75, 3.05) is 13.2 Å². The molecule has 17 nitrogen and oxygen atoms in total. The van der Waals surface area contributed by atoms with Crippen molar-refractivity contribution in [1.82, 2.24) is 0 Å². The first-order valence-corrected chi connectivity index (χ1v) is 64.8. The summed E-state index contributed by atoms with van der Waals surface area (Å²) in [4.78, 5) is 74.3. The highest BCUT2D eigenvalue weighted by atomic mass is 16.8. The third-order valence-electron chi connectivity index (χ3n) is 32.9. The second-order valence-corrected chi connectivity index (χ2v) is 48.6. The molecule has 2 aliphatic heterocycles. The van der Waals surface area contributed by atoms with Crippen LogP contribution in [0.4, 0.5) is 0 Å². The van der Waals surface area contributed by atoms with Crippen molar-refractivity contribution >= 4 is 29.8 Å². The average Bonchev–Trinajstić information content (AvgIpc) is 0.768. The predicted octanol–water partition coefficient (Wildman–Crippen LogP) is 37.4. The third-order valence-corrected chi connectivity index (χ3v) is 32.9. The maximum Gasteiger partial charge on any atom is 0.333 e. The highest BCUT2D eigenvalue weighted by molar-refractivity contribution is 5.89. The van der Waals surface area contributed by atoms with Crippen LogP contribution in [-0.2, 0) is 61.9 Å². The van der Waals surface area contributed by atoms with E-state index in [-0.39, 0.29) is 47.2 Å². The molecule has 0 aromatic rings. The third kappa shape index (κ3) is 74.3. The summed E-state index contributed by atoms with van der Waals surface area (Å²) in [6.45, 7) is 33.7. The number of hydrogen-bond acceptors (Lipinski definition) is 17. The van der Waals surface area contributed by atoms with Crippen LogP contribution in [0.2, 0.25) is 0 Å². The molecular weight excluding hydrogens is 1860 g/mol. The van der Waals surface area contributed by atoms with Crippen LogP contribution in [0.25, 0.3) is 0 Å². The minimum absolute atomic E-state index is 0.0120. The number of ether oxygens (including phenoxy) is 8. The van der Waals surface area contributed by atoms with Crippen molar-refractivity contribution in [2.24, 2.45) is 53.3 Å². The Morgan fingerprint density at radius 2 is 0.530 bits per heavy atom. The van der Waals surface area contributed by atoms with Gasteiger partial charge in [0, 0.05) is 23.1 Å². The largest absolute Gasteiger partial charge is 0.459 e. The lowest BCUT2D eigenvalue weighted by molar-refractivity contribution is -0.377. The van der Waals surface area contributed by atoms with E-state index in [1.165, 1.54) is 398 Å². The zero-order valence-corrected chi connectivity index (χ0v) is 101. The lowest BCUT2D eigenvalue weighted by Gasteiger charge is -2.47. The van der Waals surface area contributed by atoms with Gasteiger partial charge in [0.25, 0.3) is 0 Å². The summed E-state index contributed by atoms with van der Waals surface area (Å²) in [6.07, 6.45) is 86.2. The van der Waals surface area contributed by atoms with Gasteiger partial charge in [0.2, 0.25) is 12.6 Å². The number of rotatable bonds is 104. The second-order valence-electron chi connectivity index (χ2n) is 48.6. The van der Waals surface area contributed by atoms with E-state index in [4.69, 9.17) is 37.9 Å². The number of aliphatic hydroxyl groups excluding tert-OH is 4. The molecule has 4 N–H and O–H groups in total. The molecule has 2 aliphatic rings. The van der Waals surface area contributed by atoms with Gasteiger partial charge >= 0.3 is 29.8 Å². The van der Waals surface area contributed by atoms with E-state index in [9.17, 15) is 34.8 Å². The molecule has 0 aromatic heterocycles. The maximum absolute atomic E-state index is 15.2. The van der Waals surface area contributed by atoms with E-state index < -0.39 is 116 Å². The van der Waals surface area contributed by atoms with Crippen LogP contribution in [0.5, 0.6) is 0 Å². The lowest BCUT2D eigenvalue weighted by Crippen LogP contribution is -2.66. The summed E-state index contributed by atoms with van der Waals surface area (Å²) in [6, 6.07) is 0. The zero-order valence-electron chi connectivity index (χ0n) is 101. The summed E-state index contributed by atoms with van der Waals surface area (Å²) >= 11 is 0. The van der Waals surface area contributed by atoms with Gasteiger partial charge in [0.05, 0.1) is 18.6 Å². The molecule has 0 amide bonds. The van der Waals surface area contributed by atoms with Gasteiger partial charge in [-0.25, -0.2) is 14.4 Å². The zero-order chi connectivity index (χ0) is 109. The van der Waals surface area contributed by atoms with Crippen molar-refractivity contribution < 1.29 is 82.3 Å². The molecule has 0 radical (unpaired) electrons. The van der Waals surface area contributed by atoms with Gasteiger partial charge in [-0.3, -0.25) is 9.59 Å². The van der Waals surface area contributed by atoms with E-state index >= 15 is 9.59 Å². The highest BCUT2D eigenvalue weighted by Gasteiger charge is 2.56. The van der Waals surface area contributed by atoms with Crippen molar-refractivity contribution in [3.8, 4) is 0 Å². The summed E-state index contributed by atoms with van der Waals surface area (Å²) in [5.74, 6) is -4.06. The summed E-state index contributed by atoms with van der Waals surface area (Å²) < 4.78 is 52.2. The van der Waals surface area contributed by atoms with Gasteiger partial charge in [-0.05, 0) is 107 Å². The molecule has 2 heterocycles. The van der Waals surface area contributed by atoms with Crippen molar-refractivity contribution in [3.05, 3.63) is 34.9 Å². The van der Waals surface area contributed by atoms with E-state index in [1.54, 1.807) is 27.7 Å². The number of aliphatic hydroxyl groups is 4. The van der Waals surface area contributed by atoms with E-state index in [0.29, 0.717) is 36.2 Å². The molecule has 2 saturated heterocycles. The minimum Gasteiger partial charge on any atom is -0.459 e. The fourth-order valence-electron chi connectivity index (χ4n) is 23.3. The number of esters is 5. The smallest absolute Gasteiger partial charge is 0.333 e. The second kappa shape index (κ2) is 96.4. The minimum atomic E-state index is -1.94. The van der Waals surface area contributed by atoms with Crippen LogP contribution in [0.1, 0.15) is 644 Å². The SMILES string of the molecule is CCCCCCCCCCCCCCCCCC[C@H](C)C[C@H](C)/C=C(\C)C(=O)OCC1O[C@H](O[C@H]2OC(CO)[C@@H](OC(=O)/C(C)=C/[C@@H](C)C[C@@H](C)CCCCCCCCCCCCCCCC)C(O)[C@@H]2OC(=O)/C(C)=C/[C@@H](C)C[C@@H](C)CCCCCCCCCCCCCCCC)[C@H](OC(=O)CCCCCCCCCCCCCCC)C(OC(=O)[C@@H](C)[C@@H](O)[C@@H](C)C[C@@H](C)CCCCCCCCCCCCCCCCCC)[C@@H]1O. The fourth-order valence-corrected chi connectivity index (χ4v) is 23.3. The predicted molar refractivity (Wildman–Crippen MR) is 625 cm³/mol. The number of carbonyl (C=O) groups is 5. The molecule has 4 unspecified atom stereocenters. The van der Waals surface area contributed by atoms with Crippen molar-refractivity contribution in [2.45, 2.75) is 712 Å². The molecule has 0 aromatic carbocycles. The maximum atomic E-state index is 15.2. The highest BCUT2D eigenvalue weighted by Crippen LogP contribution is 2.38. The average molecular weight is 2110 g/mol. The normalized spacial score (nSPS) is 20.4. The Balaban J connectivity index is 2.70. The summed E-state index contributed by atoms with van der Waals surface area (Å²) in [7, 11) is 0. The van der Waals surface area contributed by atoms with Crippen LogP contribution in [0.3, 0.4) is 0 Å². The van der Waals surface area contributed by atoms with Crippen LogP contribution in [0.15, 0.2) is 34.9 Å². The van der Waals surface area contributed by atoms with Crippen LogP contribution >= 0.6 is 0 Å². The first-order chi connectivity index (χ1) is 72.2. The quantitative estimate of drug-likeness (QED) is 0.0192. The Labute approximate surface area is 919 Å². The Bertz CT molecular complexity index is 3210. The molecule has 17 heteroatoms. The van der Waals surface area contributed by atoms with Gasteiger partial charge in [-0.15, -0.1) is 0 Å². The Morgan fingerprint density at radius 1 is 0.282 bits per heavy atom. The molecule has 149 heavy (non-hydrogen) atoms. The number of hydrogen-bond donors (Lipinski definition) is 4. The van der Waals surface area contributed by atoms with Crippen molar-refractivity contribution in [3.63, 3.8) is 0 Å². The first kappa shape index (κ1) is 141. The summed E-state index contributed by atoms with van der Waals surface area (Å²) in [5.41, 5.74) is 0.861. The van der Waals surface area contributed by atoms with Gasteiger partial charge in [0.15, 0.2) is 24.4 Å². The van der Waals surface area contributed by atoms with E-state index in [0.717, 1.165) is 109 Å². The number of carbonyl (C=O) groups excluding carboxylic acids is 5. The van der Waals surface area contributed by atoms with Crippen molar-refractivity contribution in [1.29, 1.82) is 0 Å². The van der Waals surface area contributed by atoms with E-state index in [2.05, 4.69) is 83.1 Å². The molecule has 2 rings (SSSR count). The molecular formula is C132H246O17. The molecule has 20 atom stereocenters. The molecule has 0 bridgehead atoms. The van der Waals surface area contributed by atoms with Gasteiger partial charge in [0.1, 0.15) is 31.0 Å². The van der Waals surface area contributed by atoms with Gasteiger partial charge in [-0.1, -0.05) is 596 Å². The standard InChI is InChI=1S/C132H246O17/c1-18-23-28-33-38-43-48-53-57-59-64-68-73-76-81-86-91-105(6)96-109(10)100-113(14)127(138)142-104-118-121(136)124(147-130(141)116(17)120(135)112(13)99-108(9)94-89-84-79-74-69-65-60-58-54-49-44-39-34-29-24-19-2)126(145-119(134)95-90-85-80-75-70-61-52-47-42-37-32-27-22-5)132(144-118)149-131-125(148-129(140)115(16)102-111(12)98-107(8)93-88-83-78-72-67-63-56-51-46-41-36-31-26-21-4)122(137)123(117(103-133)143-131)146-128(139)114(15)101-110(11)97-106(7)92-87-82-77-71-66-62-55-50-45-40-35-30-25-20-3/h100-102,105-112,116-118,120-126,131-133,135-137H,18-99,103-104H2,1-17H3/b113-100+,114-101+,115-102+/t105-,106-,107-,108-,109-,110-,111-,112-,116-,117?,118?,120-,121+,122?,123+,124?,125-,126+,131+,132+/m0/s1. The Hall–Kier alpha value is -3.71. The topological polar surface area (TPSA) is 240 Å². The van der Waals surface area contributed by atoms with Crippen LogP contribution < -0.4 is 0 Å².